The van der Waals surface area contributed by atoms with Crippen molar-refractivity contribution in [2.75, 3.05) is 6.54 Å². The Morgan fingerprint density at radius 3 is 2.53 bits per heavy atom. The highest BCUT2D eigenvalue weighted by atomic mass is 14.9. The average Bonchev–Trinajstić information content (AvgIpc) is 2.45. The molecule has 1 N–H and O–H groups in total. The third kappa shape index (κ3) is 3.81. The van der Waals surface area contributed by atoms with E-state index in [2.05, 4.69) is 61.6 Å². The van der Waals surface area contributed by atoms with Crippen LogP contribution in [0.1, 0.15) is 38.7 Å². The Labute approximate surface area is 117 Å². The van der Waals surface area contributed by atoms with Gasteiger partial charge in [0.2, 0.25) is 0 Å². The van der Waals surface area contributed by atoms with Crippen LogP contribution in [0.25, 0.3) is 10.8 Å². The zero-order valence-corrected chi connectivity index (χ0v) is 12.2. The molecule has 0 fully saturated rings. The number of benzene rings is 2. The van der Waals surface area contributed by atoms with E-state index in [1.807, 2.05) is 0 Å². The van der Waals surface area contributed by atoms with Crippen molar-refractivity contribution < 1.29 is 0 Å². The van der Waals surface area contributed by atoms with Crippen LogP contribution < -0.4 is 5.32 Å². The highest BCUT2D eigenvalue weighted by Gasteiger charge is 2.09. The molecule has 0 radical (unpaired) electrons. The summed E-state index contributed by atoms with van der Waals surface area (Å²) in [5, 5.41) is 6.44. The molecule has 1 unspecified atom stereocenters. The van der Waals surface area contributed by atoms with E-state index in [1.54, 1.807) is 0 Å². The quantitative estimate of drug-likeness (QED) is 0.765. The molecule has 0 aliphatic heterocycles. The Hall–Kier alpha value is -1.34. The second-order valence-corrected chi connectivity index (χ2v) is 5.28. The average molecular weight is 255 g/mol. The summed E-state index contributed by atoms with van der Waals surface area (Å²) in [5.74, 6) is 0. The predicted octanol–water partition coefficient (Wildman–Crippen LogP) is 4.55. The summed E-state index contributed by atoms with van der Waals surface area (Å²) in [4.78, 5) is 0. The van der Waals surface area contributed by atoms with Gasteiger partial charge >= 0.3 is 0 Å². The van der Waals surface area contributed by atoms with Crippen molar-refractivity contribution in [3.05, 3.63) is 48.0 Å². The molecule has 2 rings (SSSR count). The lowest BCUT2D eigenvalue weighted by Crippen LogP contribution is -2.31. The fraction of sp³-hybridized carbons (Fsp3) is 0.444. The lowest BCUT2D eigenvalue weighted by Gasteiger charge is -2.19. The van der Waals surface area contributed by atoms with Crippen LogP contribution in [0.4, 0.5) is 0 Å². The highest BCUT2D eigenvalue weighted by Crippen LogP contribution is 2.20. The molecule has 0 aliphatic rings. The van der Waals surface area contributed by atoms with Crippen LogP contribution in [0.5, 0.6) is 0 Å². The Kier molecular flexibility index (Phi) is 5.41. The predicted molar refractivity (Wildman–Crippen MR) is 84.6 cm³/mol. The maximum Gasteiger partial charge on any atom is 0.0108 e. The summed E-state index contributed by atoms with van der Waals surface area (Å²) in [6.45, 7) is 5.62. The van der Waals surface area contributed by atoms with E-state index in [-0.39, 0.29) is 0 Å². The van der Waals surface area contributed by atoms with Crippen LogP contribution in [-0.4, -0.2) is 12.6 Å². The molecule has 0 spiro atoms. The van der Waals surface area contributed by atoms with Crippen molar-refractivity contribution in [1.82, 2.24) is 5.32 Å². The number of fused-ring (bicyclic) bond motifs is 1. The summed E-state index contributed by atoms with van der Waals surface area (Å²) in [6.07, 6.45) is 4.83. The second-order valence-electron chi connectivity index (χ2n) is 5.28. The zero-order chi connectivity index (χ0) is 13.5. The third-order valence-corrected chi connectivity index (χ3v) is 3.67. The first-order chi connectivity index (χ1) is 9.35. The van der Waals surface area contributed by atoms with Crippen molar-refractivity contribution in [2.45, 2.75) is 45.6 Å². The molecular weight excluding hydrogens is 230 g/mol. The van der Waals surface area contributed by atoms with Gasteiger partial charge in [-0.3, -0.25) is 0 Å². The van der Waals surface area contributed by atoms with Crippen LogP contribution in [-0.2, 0) is 6.42 Å². The largest absolute Gasteiger partial charge is 0.314 e. The van der Waals surface area contributed by atoms with E-state index < -0.39 is 0 Å². The van der Waals surface area contributed by atoms with Crippen LogP contribution >= 0.6 is 0 Å². The molecule has 2 aromatic carbocycles. The highest BCUT2D eigenvalue weighted by molar-refractivity contribution is 5.85. The minimum Gasteiger partial charge on any atom is -0.314 e. The lowest BCUT2D eigenvalue weighted by molar-refractivity contribution is 0.474. The third-order valence-electron chi connectivity index (χ3n) is 3.67. The standard InChI is InChI=1S/C18H25N/c1-3-8-17(19-13-4-2)14-16-11-7-10-15-9-5-6-12-18(15)16/h5-7,9-12,17,19H,3-4,8,13-14H2,1-2H3. The van der Waals surface area contributed by atoms with Crippen LogP contribution in [0, 0.1) is 0 Å². The fourth-order valence-electron chi connectivity index (χ4n) is 2.71. The van der Waals surface area contributed by atoms with Gasteiger partial charge in [-0.05, 0) is 42.1 Å². The maximum absolute atomic E-state index is 3.68. The van der Waals surface area contributed by atoms with Gasteiger partial charge in [-0.2, -0.15) is 0 Å². The number of hydrogen-bond donors (Lipinski definition) is 1. The van der Waals surface area contributed by atoms with E-state index in [1.165, 1.54) is 35.6 Å². The summed E-state index contributed by atoms with van der Waals surface area (Å²) in [6, 6.07) is 16.0. The normalized spacial score (nSPS) is 12.7. The molecule has 19 heavy (non-hydrogen) atoms. The molecule has 0 aromatic heterocycles. The molecule has 0 saturated carbocycles. The van der Waals surface area contributed by atoms with Crippen molar-refractivity contribution in [3.8, 4) is 0 Å². The second kappa shape index (κ2) is 7.30. The summed E-state index contributed by atoms with van der Waals surface area (Å²) in [5.41, 5.74) is 1.47. The number of rotatable bonds is 7. The minimum absolute atomic E-state index is 0.607. The van der Waals surface area contributed by atoms with Crippen molar-refractivity contribution in [3.63, 3.8) is 0 Å². The summed E-state index contributed by atoms with van der Waals surface area (Å²) < 4.78 is 0. The lowest BCUT2D eigenvalue weighted by atomic mass is 9.97. The van der Waals surface area contributed by atoms with Crippen molar-refractivity contribution in [1.29, 1.82) is 0 Å². The van der Waals surface area contributed by atoms with Crippen molar-refractivity contribution in [2.24, 2.45) is 0 Å². The number of nitrogens with one attached hydrogen (secondary N) is 1. The van der Waals surface area contributed by atoms with Gasteiger partial charge in [-0.15, -0.1) is 0 Å². The Balaban J connectivity index is 2.18. The monoisotopic (exact) mass is 255 g/mol. The molecule has 0 aliphatic carbocycles. The first kappa shape index (κ1) is 14.1. The summed E-state index contributed by atoms with van der Waals surface area (Å²) >= 11 is 0. The van der Waals surface area contributed by atoms with Gasteiger partial charge in [0.15, 0.2) is 0 Å². The zero-order valence-electron chi connectivity index (χ0n) is 12.2. The van der Waals surface area contributed by atoms with Gasteiger partial charge in [-0.1, -0.05) is 62.7 Å². The Morgan fingerprint density at radius 1 is 0.947 bits per heavy atom. The molecular formula is C18H25N. The molecule has 1 heteroatoms. The van der Waals surface area contributed by atoms with Gasteiger partial charge < -0.3 is 5.32 Å². The van der Waals surface area contributed by atoms with Gasteiger partial charge in [-0.25, -0.2) is 0 Å². The van der Waals surface area contributed by atoms with Gasteiger partial charge in [0.05, 0.1) is 0 Å². The molecule has 0 heterocycles. The van der Waals surface area contributed by atoms with E-state index in [9.17, 15) is 0 Å². The molecule has 1 nitrogen and oxygen atoms in total. The molecule has 0 bridgehead atoms. The van der Waals surface area contributed by atoms with Crippen LogP contribution in [0.15, 0.2) is 42.5 Å². The van der Waals surface area contributed by atoms with E-state index in [0.717, 1.165) is 13.0 Å². The number of hydrogen-bond acceptors (Lipinski definition) is 1. The molecule has 2 aromatic rings. The topological polar surface area (TPSA) is 12.0 Å². The fourth-order valence-corrected chi connectivity index (χ4v) is 2.71. The minimum atomic E-state index is 0.607. The van der Waals surface area contributed by atoms with Gasteiger partial charge in [0, 0.05) is 6.04 Å². The van der Waals surface area contributed by atoms with Crippen LogP contribution in [0.2, 0.25) is 0 Å². The maximum atomic E-state index is 3.68. The van der Waals surface area contributed by atoms with Crippen LogP contribution in [0.3, 0.4) is 0 Å². The Morgan fingerprint density at radius 2 is 1.74 bits per heavy atom. The smallest absolute Gasteiger partial charge is 0.0108 e. The van der Waals surface area contributed by atoms with Gasteiger partial charge in [0.1, 0.15) is 0 Å². The van der Waals surface area contributed by atoms with Gasteiger partial charge in [0.25, 0.3) is 0 Å². The molecule has 1 atom stereocenters. The van der Waals surface area contributed by atoms with E-state index in [4.69, 9.17) is 0 Å². The summed E-state index contributed by atoms with van der Waals surface area (Å²) in [7, 11) is 0. The Bertz CT molecular complexity index is 499. The first-order valence-electron chi connectivity index (χ1n) is 7.55. The SMILES string of the molecule is CCCNC(CCC)Cc1cccc2ccccc12. The van der Waals surface area contributed by atoms with Crippen molar-refractivity contribution >= 4 is 10.8 Å². The molecule has 0 saturated heterocycles. The van der Waals surface area contributed by atoms with E-state index >= 15 is 0 Å². The first-order valence-corrected chi connectivity index (χ1v) is 7.55. The molecule has 0 amide bonds. The molecule has 102 valence electrons. The van der Waals surface area contributed by atoms with E-state index in [0.29, 0.717) is 6.04 Å².